The molecule has 1 aliphatic heterocycles. The average molecular weight is 347 g/mol. The zero-order valence-electron chi connectivity index (χ0n) is 12.9. The van der Waals surface area contributed by atoms with Crippen LogP contribution in [-0.2, 0) is 15.3 Å². The lowest BCUT2D eigenvalue weighted by Crippen LogP contribution is -2.29. The number of nitrogens with zero attached hydrogens (tertiary/aromatic N) is 3. The van der Waals surface area contributed by atoms with E-state index in [2.05, 4.69) is 20.3 Å². The van der Waals surface area contributed by atoms with Gasteiger partial charge in [0.2, 0.25) is 5.28 Å². The van der Waals surface area contributed by atoms with Gasteiger partial charge in [0.15, 0.2) is 0 Å². The van der Waals surface area contributed by atoms with Crippen LogP contribution in [0.25, 0.3) is 0 Å². The van der Waals surface area contributed by atoms with E-state index in [-0.39, 0.29) is 11.0 Å². The van der Waals surface area contributed by atoms with Gasteiger partial charge < -0.3 is 14.8 Å². The second-order valence-corrected chi connectivity index (χ2v) is 5.44. The maximum absolute atomic E-state index is 12.4. The third-order valence-corrected chi connectivity index (χ3v) is 3.67. The van der Waals surface area contributed by atoms with Gasteiger partial charge in [-0.2, -0.15) is 0 Å². The Morgan fingerprint density at radius 3 is 2.79 bits per heavy atom. The number of nitrogens with one attached hydrogen (secondary N) is 1. The van der Waals surface area contributed by atoms with Gasteiger partial charge in [-0.1, -0.05) is 6.92 Å². The predicted molar refractivity (Wildman–Crippen MR) is 87.1 cm³/mol. The summed E-state index contributed by atoms with van der Waals surface area (Å²) in [7, 11) is 0. The summed E-state index contributed by atoms with van der Waals surface area (Å²) in [5.41, 5.74) is 1.31. The number of carbonyl (C=O) groups excluding carboxylic acids is 1. The number of hydrogen-bond donors (Lipinski definition) is 1. The fourth-order valence-corrected chi connectivity index (χ4v) is 2.63. The highest BCUT2D eigenvalue weighted by molar-refractivity contribution is 6.28. The van der Waals surface area contributed by atoms with Gasteiger partial charge in [0.25, 0.3) is 11.7 Å². The van der Waals surface area contributed by atoms with Crippen LogP contribution in [0, 0.1) is 0 Å². The van der Waals surface area contributed by atoms with E-state index in [1.807, 2.05) is 6.92 Å². The van der Waals surface area contributed by atoms with E-state index in [4.69, 9.17) is 21.1 Å². The molecule has 0 aromatic carbocycles. The van der Waals surface area contributed by atoms with E-state index in [9.17, 15) is 4.79 Å². The second-order valence-electron chi connectivity index (χ2n) is 5.10. The summed E-state index contributed by atoms with van der Waals surface area (Å²) in [4.78, 5) is 24.1. The molecule has 0 fully saturated rings. The average Bonchev–Trinajstić information content (AvgIpc) is 3.05. The summed E-state index contributed by atoms with van der Waals surface area (Å²) in [6, 6.07) is 3.23. The van der Waals surface area contributed by atoms with Crippen LogP contribution in [0.3, 0.4) is 0 Å². The van der Waals surface area contributed by atoms with Crippen LogP contribution in [0.2, 0.25) is 5.28 Å². The normalized spacial score (nSPS) is 14.8. The number of ether oxygens (including phenoxy) is 2. The summed E-state index contributed by atoms with van der Waals surface area (Å²) in [5.74, 6) is -1.39. The lowest BCUT2D eigenvalue weighted by atomic mass is 10.00. The summed E-state index contributed by atoms with van der Waals surface area (Å²) >= 11 is 5.73. The van der Waals surface area contributed by atoms with Gasteiger partial charge in [-0.3, -0.25) is 9.78 Å². The van der Waals surface area contributed by atoms with E-state index in [0.29, 0.717) is 17.7 Å². The second kappa shape index (κ2) is 6.84. The molecule has 1 amide bonds. The molecule has 0 unspecified atom stereocenters. The largest absolute Gasteiger partial charge is 0.453 e. The Labute approximate surface area is 143 Å². The summed E-state index contributed by atoms with van der Waals surface area (Å²) < 4.78 is 11.4. The molecule has 0 atom stereocenters. The topological polar surface area (TPSA) is 86.2 Å². The van der Waals surface area contributed by atoms with Crippen LogP contribution >= 0.6 is 11.6 Å². The predicted octanol–water partition coefficient (Wildman–Crippen LogP) is 3.25. The van der Waals surface area contributed by atoms with Gasteiger partial charge in [0.05, 0.1) is 17.4 Å². The van der Waals surface area contributed by atoms with Crippen molar-refractivity contribution in [3.63, 3.8) is 0 Å². The number of carbonyl (C=O) groups is 1. The summed E-state index contributed by atoms with van der Waals surface area (Å²) in [5, 5.41) is 2.78. The van der Waals surface area contributed by atoms with Gasteiger partial charge in [-0.05, 0) is 30.2 Å². The van der Waals surface area contributed by atoms with Gasteiger partial charge in [0.1, 0.15) is 18.2 Å². The number of amides is 1. The summed E-state index contributed by atoms with van der Waals surface area (Å²) in [6.07, 6.45) is 9.01. The van der Waals surface area contributed by atoms with Crippen molar-refractivity contribution in [3.8, 4) is 0 Å². The van der Waals surface area contributed by atoms with Crippen molar-refractivity contribution < 1.29 is 14.3 Å². The SMILES string of the molecule is CCCC1(c2ccncc2NC(=O)c2ccnc(Cl)n2)OC=CO1. The van der Waals surface area contributed by atoms with Gasteiger partial charge >= 0.3 is 0 Å². The van der Waals surface area contributed by atoms with Crippen molar-refractivity contribution >= 4 is 23.2 Å². The highest BCUT2D eigenvalue weighted by Gasteiger charge is 2.39. The highest BCUT2D eigenvalue weighted by atomic mass is 35.5. The zero-order valence-corrected chi connectivity index (χ0v) is 13.7. The smallest absolute Gasteiger partial charge is 0.278 e. The van der Waals surface area contributed by atoms with Crippen molar-refractivity contribution in [2.75, 3.05) is 5.32 Å². The standard InChI is InChI=1S/C16H15ClN4O3/c1-2-5-16(23-8-9-24-16)11-3-6-18-10-13(11)20-14(22)12-4-7-19-15(17)21-12/h3-4,6-10H,2,5H2,1H3,(H,20,22). The molecular formula is C16H15ClN4O3. The van der Waals surface area contributed by atoms with Crippen molar-refractivity contribution in [1.29, 1.82) is 0 Å². The minimum Gasteiger partial charge on any atom is -0.453 e. The quantitative estimate of drug-likeness (QED) is 0.836. The van der Waals surface area contributed by atoms with Crippen molar-refractivity contribution in [3.05, 3.63) is 59.8 Å². The number of aromatic nitrogens is 3. The van der Waals surface area contributed by atoms with E-state index < -0.39 is 11.7 Å². The number of pyridine rings is 1. The van der Waals surface area contributed by atoms with Gasteiger partial charge in [-0.15, -0.1) is 0 Å². The lowest BCUT2D eigenvalue weighted by molar-refractivity contribution is -0.154. The molecule has 2 aromatic rings. The Balaban J connectivity index is 1.91. The Bertz CT molecular complexity index is 773. The first-order valence-electron chi connectivity index (χ1n) is 7.39. The number of rotatable bonds is 5. The number of hydrogen-bond acceptors (Lipinski definition) is 6. The molecule has 0 saturated carbocycles. The number of anilines is 1. The Hall–Kier alpha value is -2.67. The molecule has 3 rings (SSSR count). The van der Waals surface area contributed by atoms with Gasteiger partial charge in [0, 0.05) is 18.8 Å². The van der Waals surface area contributed by atoms with Crippen LogP contribution in [0.15, 0.2) is 43.2 Å². The maximum Gasteiger partial charge on any atom is 0.278 e. The molecule has 0 spiro atoms. The van der Waals surface area contributed by atoms with E-state index in [1.165, 1.54) is 24.8 Å². The Kier molecular flexibility index (Phi) is 4.61. The zero-order chi connectivity index (χ0) is 17.0. The van der Waals surface area contributed by atoms with Crippen molar-refractivity contribution in [2.45, 2.75) is 25.6 Å². The molecule has 0 saturated heterocycles. The fourth-order valence-electron chi connectivity index (χ4n) is 2.49. The Morgan fingerprint density at radius 2 is 2.08 bits per heavy atom. The molecule has 2 aromatic heterocycles. The van der Waals surface area contributed by atoms with Crippen LogP contribution in [-0.4, -0.2) is 20.9 Å². The van der Waals surface area contributed by atoms with Crippen LogP contribution in [0.5, 0.6) is 0 Å². The molecule has 3 heterocycles. The first-order chi connectivity index (χ1) is 11.6. The number of halogens is 1. The van der Waals surface area contributed by atoms with Crippen molar-refractivity contribution in [2.24, 2.45) is 0 Å². The van der Waals surface area contributed by atoms with Crippen LogP contribution in [0.1, 0.15) is 35.8 Å². The van der Waals surface area contributed by atoms with E-state index >= 15 is 0 Å². The molecule has 7 nitrogen and oxygen atoms in total. The molecule has 1 N–H and O–H groups in total. The molecule has 0 bridgehead atoms. The molecule has 0 aliphatic carbocycles. The Morgan fingerprint density at radius 1 is 1.29 bits per heavy atom. The fraction of sp³-hybridized carbons (Fsp3) is 0.250. The molecular weight excluding hydrogens is 332 g/mol. The summed E-state index contributed by atoms with van der Waals surface area (Å²) in [6.45, 7) is 2.02. The van der Waals surface area contributed by atoms with Crippen molar-refractivity contribution in [1.82, 2.24) is 15.0 Å². The molecule has 124 valence electrons. The minimum absolute atomic E-state index is 0.00294. The molecule has 8 heteroatoms. The first kappa shape index (κ1) is 16.2. The van der Waals surface area contributed by atoms with Crippen LogP contribution < -0.4 is 5.32 Å². The maximum atomic E-state index is 12.4. The molecule has 24 heavy (non-hydrogen) atoms. The highest BCUT2D eigenvalue weighted by Crippen LogP contribution is 2.39. The molecule has 0 radical (unpaired) electrons. The van der Waals surface area contributed by atoms with Crippen LogP contribution in [0.4, 0.5) is 5.69 Å². The molecule has 1 aliphatic rings. The minimum atomic E-state index is -0.969. The van der Waals surface area contributed by atoms with Gasteiger partial charge in [-0.25, -0.2) is 9.97 Å². The monoisotopic (exact) mass is 346 g/mol. The van der Waals surface area contributed by atoms with E-state index in [1.54, 1.807) is 18.5 Å². The third-order valence-electron chi connectivity index (χ3n) is 3.49. The lowest BCUT2D eigenvalue weighted by Gasteiger charge is -2.29. The third kappa shape index (κ3) is 3.16. The van der Waals surface area contributed by atoms with E-state index in [0.717, 1.165) is 6.42 Å². The first-order valence-corrected chi connectivity index (χ1v) is 7.77.